The summed E-state index contributed by atoms with van der Waals surface area (Å²) in [7, 11) is 2.52. The van der Waals surface area contributed by atoms with Gasteiger partial charge in [-0.2, -0.15) is 0 Å². The molecule has 3 aromatic carbocycles. The maximum absolute atomic E-state index is 15.0. The Bertz CT molecular complexity index is 2780. The molecule has 4 amide bonds. The number of nitrogens with one attached hydrogen (secondary N) is 4. The summed E-state index contributed by atoms with van der Waals surface area (Å²) in [5.41, 5.74) is 7.01. The Morgan fingerprint density at radius 1 is 0.773 bits per heavy atom. The predicted octanol–water partition coefficient (Wildman–Crippen LogP) is 8.06. The largest absolute Gasteiger partial charge is 0.465 e. The van der Waals surface area contributed by atoms with E-state index in [-0.39, 0.29) is 36.8 Å². The first-order chi connectivity index (χ1) is 31.8. The van der Waals surface area contributed by atoms with Crippen molar-refractivity contribution in [1.82, 2.24) is 44.9 Å². The van der Waals surface area contributed by atoms with Gasteiger partial charge in [0.05, 0.1) is 67.8 Å². The summed E-state index contributed by atoms with van der Waals surface area (Å²) in [6.45, 7) is 7.85. The van der Waals surface area contributed by atoms with Gasteiger partial charge in [-0.3, -0.25) is 9.59 Å². The van der Waals surface area contributed by atoms with Gasteiger partial charge >= 0.3 is 12.2 Å². The molecule has 6 heterocycles. The fourth-order valence-electron chi connectivity index (χ4n) is 9.53. The second-order valence-corrected chi connectivity index (χ2v) is 17.9. The summed E-state index contributed by atoms with van der Waals surface area (Å²) in [6.07, 6.45) is 1.99. The number of H-pyrrole nitrogens is 2. The fraction of sp³-hybridized carbons (Fsp3) is 0.388. The number of hydrogen-bond acceptors (Lipinski definition) is 9. The van der Waals surface area contributed by atoms with E-state index in [1.165, 1.54) is 19.1 Å². The molecule has 344 valence electrons. The van der Waals surface area contributed by atoms with Gasteiger partial charge in [-0.1, -0.05) is 70.2 Å². The van der Waals surface area contributed by atoms with Crippen LogP contribution in [0.25, 0.3) is 44.7 Å². The molecular weight excluding hydrogens is 846 g/mol. The molecule has 17 heteroatoms. The monoisotopic (exact) mass is 899 g/mol. The molecule has 0 aliphatic carbocycles. The van der Waals surface area contributed by atoms with Gasteiger partial charge in [-0.25, -0.2) is 23.9 Å². The van der Waals surface area contributed by atoms with Crippen molar-refractivity contribution in [1.29, 1.82) is 0 Å². The van der Waals surface area contributed by atoms with E-state index in [9.17, 15) is 19.2 Å². The van der Waals surface area contributed by atoms with Crippen molar-refractivity contribution in [3.63, 3.8) is 0 Å². The number of halogens is 1. The number of alkyl halides is 1. The molecule has 0 radical (unpaired) electrons. The zero-order valence-corrected chi connectivity index (χ0v) is 37.7. The zero-order chi connectivity index (χ0) is 46.4. The first-order valence-electron chi connectivity index (χ1n) is 22.4. The van der Waals surface area contributed by atoms with Crippen LogP contribution in [-0.2, 0) is 19.1 Å². The topological polar surface area (TPSA) is 189 Å². The Hall–Kier alpha value is -7.17. The van der Waals surface area contributed by atoms with Crippen LogP contribution in [-0.4, -0.2) is 104 Å². The van der Waals surface area contributed by atoms with Crippen LogP contribution in [0.2, 0.25) is 0 Å². The van der Waals surface area contributed by atoms with E-state index in [0.717, 1.165) is 57.4 Å². The normalized spacial score (nSPS) is 19.9. The number of hydrogen-bond donors (Lipinski definition) is 4. The molecular formula is C49H54FN9O7. The number of imidazole rings is 2. The standard InChI is InChI=1S/C49H54FN9O7/c1-26(2)41(55-48(62)64-5)45(60)57-18-10-13-37(57)43-51-24-35(53-43)30-14-16-33-38-20-31-19-29(15-17-36(31)59(38)47(66-40(33)21-30)28-11-8-7-9-12-28)34-23-52-44(54-34)39-22-32(50)25-58(39)46(61)42(27(3)4)56-49(63)65-6/h7-9,11-12,14-17,19-21,23-24,26-27,32,37,39,41-42,47H,10,13,18,22,25H2,1-6H3,(H,51,53)(H,52,54)(H,55,62)(H,56,63)/t32-,37+,39+,41+,42?,47?/m1/s1. The summed E-state index contributed by atoms with van der Waals surface area (Å²) in [5, 5.41) is 6.28. The second kappa shape index (κ2) is 18.0. The molecule has 16 nitrogen and oxygen atoms in total. The molecule has 2 fully saturated rings. The highest BCUT2D eigenvalue weighted by Crippen LogP contribution is 2.46. The second-order valence-electron chi connectivity index (χ2n) is 17.9. The first-order valence-corrected chi connectivity index (χ1v) is 22.4. The van der Waals surface area contributed by atoms with Gasteiger partial charge in [-0.05, 0) is 55.0 Å². The average Bonchev–Trinajstić information content (AvgIpc) is 4.18. The minimum absolute atomic E-state index is 0.0765. The van der Waals surface area contributed by atoms with Crippen molar-refractivity contribution in [2.24, 2.45) is 11.8 Å². The molecule has 0 spiro atoms. The van der Waals surface area contributed by atoms with Gasteiger partial charge in [0.1, 0.15) is 35.7 Å². The number of benzene rings is 3. The van der Waals surface area contributed by atoms with Crippen molar-refractivity contribution < 1.29 is 37.8 Å². The third kappa shape index (κ3) is 8.22. The average molecular weight is 900 g/mol. The van der Waals surface area contributed by atoms with Crippen LogP contribution in [0.5, 0.6) is 5.75 Å². The van der Waals surface area contributed by atoms with Gasteiger partial charge in [-0.15, -0.1) is 0 Å². The molecule has 9 rings (SSSR count). The first kappa shape index (κ1) is 44.1. The zero-order valence-electron chi connectivity index (χ0n) is 37.7. The molecule has 0 saturated carbocycles. The summed E-state index contributed by atoms with van der Waals surface area (Å²) in [4.78, 5) is 71.2. The molecule has 3 aromatic heterocycles. The Kier molecular flexibility index (Phi) is 12.0. The van der Waals surface area contributed by atoms with Crippen molar-refractivity contribution >= 4 is 34.9 Å². The molecule has 2 unspecified atom stereocenters. The van der Waals surface area contributed by atoms with E-state index in [1.807, 2.05) is 82.3 Å². The quantitative estimate of drug-likeness (QED) is 0.0997. The van der Waals surface area contributed by atoms with Gasteiger partial charge in [0.15, 0.2) is 0 Å². The molecule has 6 aromatic rings. The van der Waals surface area contributed by atoms with E-state index < -0.39 is 48.6 Å². The van der Waals surface area contributed by atoms with Crippen molar-refractivity contribution in [2.45, 2.75) is 83.5 Å². The minimum atomic E-state index is -1.25. The maximum Gasteiger partial charge on any atom is 0.407 e. The number of nitrogens with zero attached hydrogens (tertiary/aromatic N) is 5. The van der Waals surface area contributed by atoms with Crippen molar-refractivity contribution in [2.75, 3.05) is 27.3 Å². The Labute approximate surface area is 381 Å². The number of methoxy groups -OCH3 is 2. The molecule has 6 atom stereocenters. The maximum atomic E-state index is 15.0. The van der Waals surface area contributed by atoms with Gasteiger partial charge in [0.25, 0.3) is 0 Å². The van der Waals surface area contributed by atoms with Crippen LogP contribution in [0.4, 0.5) is 14.0 Å². The number of fused-ring (bicyclic) bond motifs is 5. The van der Waals surface area contributed by atoms with Crippen LogP contribution in [0.1, 0.15) is 82.5 Å². The highest BCUT2D eigenvalue weighted by atomic mass is 19.1. The van der Waals surface area contributed by atoms with Crippen LogP contribution in [0, 0.1) is 11.8 Å². The summed E-state index contributed by atoms with van der Waals surface area (Å²) < 4.78 is 33.7. The van der Waals surface area contributed by atoms with Crippen LogP contribution < -0.4 is 15.4 Å². The number of aromatic amines is 2. The lowest BCUT2D eigenvalue weighted by Gasteiger charge is -2.30. The van der Waals surface area contributed by atoms with E-state index in [1.54, 1.807) is 17.3 Å². The number of alkyl carbamates (subject to hydrolysis) is 2. The van der Waals surface area contributed by atoms with Gasteiger partial charge in [0.2, 0.25) is 18.0 Å². The SMILES string of the molecule is COC(=O)NC(C(=O)N1C[C@H](F)C[C@H]1c1ncc(-c2ccc3c(c2)cc2n3C(c3ccccc3)Oc3cc(-c4cnc([C@@H]5CCCN5C(=O)[C@@H](NC(=O)OC)C(C)C)[nH]4)ccc3-2)[nH]1)C(C)C. The van der Waals surface area contributed by atoms with Crippen LogP contribution >= 0.6 is 0 Å². The van der Waals surface area contributed by atoms with Crippen LogP contribution in [0.15, 0.2) is 85.2 Å². The molecule has 4 N–H and O–H groups in total. The minimum Gasteiger partial charge on any atom is -0.465 e. The Balaban J connectivity index is 1.01. The van der Waals surface area contributed by atoms with E-state index >= 15 is 4.39 Å². The predicted molar refractivity (Wildman–Crippen MR) is 244 cm³/mol. The number of carbonyl (C=O) groups is 4. The lowest BCUT2D eigenvalue weighted by atomic mass is 10.0. The summed E-state index contributed by atoms with van der Waals surface area (Å²) in [6, 6.07) is 21.9. The summed E-state index contributed by atoms with van der Waals surface area (Å²) in [5.74, 6) is 0.859. The summed E-state index contributed by atoms with van der Waals surface area (Å²) >= 11 is 0. The lowest BCUT2D eigenvalue weighted by Crippen LogP contribution is -2.51. The number of aromatic nitrogens is 5. The number of likely N-dealkylation sites (tertiary alicyclic amines) is 2. The molecule has 2 saturated heterocycles. The number of amides is 4. The van der Waals surface area contributed by atoms with E-state index in [4.69, 9.17) is 19.2 Å². The highest BCUT2D eigenvalue weighted by Gasteiger charge is 2.42. The number of carbonyl (C=O) groups excluding carboxylic acids is 4. The van der Waals surface area contributed by atoms with E-state index in [0.29, 0.717) is 29.6 Å². The van der Waals surface area contributed by atoms with Crippen molar-refractivity contribution in [3.05, 3.63) is 102 Å². The van der Waals surface area contributed by atoms with Crippen LogP contribution in [0.3, 0.4) is 0 Å². The number of rotatable bonds is 11. The molecule has 3 aliphatic heterocycles. The lowest BCUT2D eigenvalue weighted by molar-refractivity contribution is -0.136. The smallest absolute Gasteiger partial charge is 0.407 e. The molecule has 3 aliphatic rings. The number of ether oxygens (including phenoxy) is 3. The van der Waals surface area contributed by atoms with E-state index in [2.05, 4.69) is 48.4 Å². The molecule has 66 heavy (non-hydrogen) atoms. The van der Waals surface area contributed by atoms with Crippen molar-refractivity contribution in [3.8, 4) is 39.5 Å². The highest BCUT2D eigenvalue weighted by molar-refractivity contribution is 5.93. The fourth-order valence-corrected chi connectivity index (χ4v) is 9.53. The Morgan fingerprint density at radius 3 is 2.02 bits per heavy atom. The molecule has 0 bridgehead atoms. The van der Waals surface area contributed by atoms with Gasteiger partial charge < -0.3 is 49.2 Å². The van der Waals surface area contributed by atoms with Gasteiger partial charge in [0, 0.05) is 40.6 Å². The Morgan fingerprint density at radius 2 is 1.38 bits per heavy atom. The third-order valence-corrected chi connectivity index (χ3v) is 13.0. The third-order valence-electron chi connectivity index (χ3n) is 13.0.